The van der Waals surface area contributed by atoms with E-state index >= 15 is 0 Å². The number of carbonyl (C=O) groups is 1. The molecule has 0 saturated heterocycles. The molecule has 0 aliphatic heterocycles. The van der Waals surface area contributed by atoms with Crippen LogP contribution in [0, 0.1) is 0 Å². The van der Waals surface area contributed by atoms with Crippen molar-refractivity contribution in [3.8, 4) is 0 Å². The highest BCUT2D eigenvalue weighted by atomic mass is 35.5. The number of hydrazone groups is 1. The minimum atomic E-state index is -4.42. The topological polar surface area (TPSA) is 66.4 Å². The Morgan fingerprint density at radius 3 is 2.40 bits per heavy atom. The average Bonchev–Trinajstić information content (AvgIpc) is 2.58. The molecule has 25 heavy (non-hydrogen) atoms. The van der Waals surface area contributed by atoms with Crippen molar-refractivity contribution < 1.29 is 18.0 Å². The van der Waals surface area contributed by atoms with Crippen LogP contribution in [-0.4, -0.2) is 16.1 Å². The van der Waals surface area contributed by atoms with Crippen LogP contribution < -0.4 is 10.7 Å². The van der Waals surface area contributed by atoms with Crippen LogP contribution in [0.3, 0.4) is 0 Å². The van der Waals surface area contributed by atoms with Crippen molar-refractivity contribution in [3.05, 3.63) is 58.9 Å². The number of aromatic nitrogens is 1. The van der Waals surface area contributed by atoms with Crippen LogP contribution in [0.1, 0.15) is 11.1 Å². The van der Waals surface area contributed by atoms with Gasteiger partial charge in [0.15, 0.2) is 0 Å². The molecule has 0 bridgehead atoms. The molecule has 0 atom stereocenters. The lowest BCUT2D eigenvalue weighted by Crippen LogP contribution is -2.28. The quantitative estimate of drug-likeness (QED) is 0.460. The summed E-state index contributed by atoms with van der Waals surface area (Å²) in [6.45, 7) is 0.162. The fourth-order valence-corrected chi connectivity index (χ4v) is 1.89. The number of hydrogen-bond donors (Lipinski definition) is 2. The molecule has 132 valence electrons. The number of carbonyl (C=O) groups excluding carboxylic acids is 1. The lowest BCUT2D eigenvalue weighted by molar-refractivity contribution is -0.137. The maximum absolute atomic E-state index is 12.5. The Bertz CT molecular complexity index is 762. The van der Waals surface area contributed by atoms with E-state index in [0.29, 0.717) is 10.7 Å². The van der Waals surface area contributed by atoms with Crippen LogP contribution in [0.2, 0.25) is 5.15 Å². The van der Waals surface area contributed by atoms with Gasteiger partial charge in [-0.05, 0) is 35.9 Å². The zero-order valence-corrected chi connectivity index (χ0v) is 14.0. The number of alkyl halides is 3. The van der Waals surface area contributed by atoms with Gasteiger partial charge in [-0.2, -0.15) is 18.3 Å². The van der Waals surface area contributed by atoms with Crippen LogP contribution in [0.4, 0.5) is 18.9 Å². The SMILES string of the molecule is O=C(NCc1ccc(Cl)nc1)C(Cl)=NNc1ccc(C(F)(F)F)cc1. The number of rotatable bonds is 5. The minimum Gasteiger partial charge on any atom is -0.346 e. The molecule has 0 fully saturated rings. The van der Waals surface area contributed by atoms with Crippen LogP contribution >= 0.6 is 23.2 Å². The summed E-state index contributed by atoms with van der Waals surface area (Å²) in [5.74, 6) is -0.656. The summed E-state index contributed by atoms with van der Waals surface area (Å²) in [6, 6.07) is 7.38. The third-order valence-electron chi connectivity index (χ3n) is 2.92. The van der Waals surface area contributed by atoms with Gasteiger partial charge in [-0.25, -0.2) is 4.98 Å². The summed E-state index contributed by atoms with van der Waals surface area (Å²) in [5, 5.41) is 6.05. The first-order valence-corrected chi connectivity index (χ1v) is 7.56. The molecule has 1 aromatic heterocycles. The normalized spacial score (nSPS) is 12.0. The van der Waals surface area contributed by atoms with Gasteiger partial charge in [0.05, 0.1) is 11.3 Å². The first kappa shape index (κ1) is 19.0. The third-order valence-corrected chi connectivity index (χ3v) is 3.40. The first-order chi connectivity index (χ1) is 11.8. The summed E-state index contributed by atoms with van der Waals surface area (Å²) in [7, 11) is 0. The molecule has 5 nitrogen and oxygen atoms in total. The number of pyridine rings is 1. The monoisotopic (exact) mass is 390 g/mol. The van der Waals surface area contributed by atoms with Crippen molar-refractivity contribution in [3.63, 3.8) is 0 Å². The maximum atomic E-state index is 12.5. The Morgan fingerprint density at radius 1 is 1.16 bits per heavy atom. The van der Waals surface area contributed by atoms with Gasteiger partial charge in [0.25, 0.3) is 5.91 Å². The van der Waals surface area contributed by atoms with E-state index < -0.39 is 22.8 Å². The number of halogens is 5. The van der Waals surface area contributed by atoms with Crippen molar-refractivity contribution in [2.45, 2.75) is 12.7 Å². The van der Waals surface area contributed by atoms with Gasteiger partial charge in [0.2, 0.25) is 5.17 Å². The van der Waals surface area contributed by atoms with Gasteiger partial charge in [-0.1, -0.05) is 29.3 Å². The number of hydrogen-bond acceptors (Lipinski definition) is 4. The van der Waals surface area contributed by atoms with Crippen molar-refractivity contribution in [2.24, 2.45) is 5.10 Å². The lowest BCUT2D eigenvalue weighted by atomic mass is 10.2. The van der Waals surface area contributed by atoms with E-state index in [-0.39, 0.29) is 12.2 Å². The van der Waals surface area contributed by atoms with Gasteiger partial charge in [-0.15, -0.1) is 0 Å². The number of nitrogens with zero attached hydrogens (tertiary/aromatic N) is 2. The van der Waals surface area contributed by atoms with Gasteiger partial charge < -0.3 is 5.32 Å². The number of amides is 1. The standard InChI is InChI=1S/C15H11Cl2F3N4O/c16-12-6-1-9(7-21-12)8-22-14(25)13(17)24-23-11-4-2-10(3-5-11)15(18,19)20/h1-7,23H,8H2,(H,22,25). The molecule has 2 aromatic rings. The zero-order chi connectivity index (χ0) is 18.4. The minimum absolute atomic E-state index is 0.162. The number of anilines is 1. The van der Waals surface area contributed by atoms with Crippen molar-refractivity contribution in [2.75, 3.05) is 5.43 Å². The summed E-state index contributed by atoms with van der Waals surface area (Å²) in [6.07, 6.45) is -2.93. The molecule has 1 heterocycles. The summed E-state index contributed by atoms with van der Waals surface area (Å²) in [4.78, 5) is 15.6. The Balaban J connectivity index is 1.89. The number of benzene rings is 1. The molecule has 0 saturated carbocycles. The second-order valence-electron chi connectivity index (χ2n) is 4.76. The summed E-state index contributed by atoms with van der Waals surface area (Å²) >= 11 is 11.4. The largest absolute Gasteiger partial charge is 0.416 e. The second kappa shape index (κ2) is 8.17. The Kier molecular flexibility index (Phi) is 6.22. The molecule has 0 unspecified atom stereocenters. The fraction of sp³-hybridized carbons (Fsp3) is 0.133. The predicted molar refractivity (Wildman–Crippen MR) is 89.4 cm³/mol. The van der Waals surface area contributed by atoms with Crippen LogP contribution in [0.15, 0.2) is 47.7 Å². The van der Waals surface area contributed by atoms with E-state index in [1.807, 2.05) is 0 Å². The van der Waals surface area contributed by atoms with Gasteiger partial charge in [-0.3, -0.25) is 10.2 Å². The first-order valence-electron chi connectivity index (χ1n) is 6.81. The molecule has 10 heteroatoms. The highest BCUT2D eigenvalue weighted by Crippen LogP contribution is 2.29. The smallest absolute Gasteiger partial charge is 0.346 e. The van der Waals surface area contributed by atoms with Gasteiger partial charge in [0.1, 0.15) is 5.15 Å². The molecule has 2 rings (SSSR count). The molecule has 0 aliphatic carbocycles. The highest BCUT2D eigenvalue weighted by Gasteiger charge is 2.29. The van der Waals surface area contributed by atoms with Crippen molar-refractivity contribution in [1.29, 1.82) is 0 Å². The molecular formula is C15H11Cl2F3N4O. The highest BCUT2D eigenvalue weighted by molar-refractivity contribution is 6.82. The zero-order valence-electron chi connectivity index (χ0n) is 12.4. The van der Waals surface area contributed by atoms with Crippen molar-refractivity contribution in [1.82, 2.24) is 10.3 Å². The van der Waals surface area contributed by atoms with E-state index in [4.69, 9.17) is 23.2 Å². The predicted octanol–water partition coefficient (Wildman–Crippen LogP) is 4.03. The average molecular weight is 391 g/mol. The summed E-state index contributed by atoms with van der Waals surface area (Å²) < 4.78 is 37.4. The van der Waals surface area contributed by atoms with Crippen LogP contribution in [0.25, 0.3) is 0 Å². The van der Waals surface area contributed by atoms with Crippen LogP contribution in [-0.2, 0) is 17.5 Å². The Morgan fingerprint density at radius 2 is 1.84 bits per heavy atom. The Labute approximate surface area is 150 Å². The van der Waals surface area contributed by atoms with E-state index in [2.05, 4.69) is 20.8 Å². The molecule has 0 aliphatic rings. The second-order valence-corrected chi connectivity index (χ2v) is 5.51. The molecule has 1 aromatic carbocycles. The summed E-state index contributed by atoms with van der Waals surface area (Å²) in [5.41, 5.74) is 2.58. The van der Waals surface area contributed by atoms with Gasteiger partial charge in [0, 0.05) is 12.7 Å². The molecule has 0 spiro atoms. The van der Waals surface area contributed by atoms with Crippen LogP contribution in [0.5, 0.6) is 0 Å². The van der Waals surface area contributed by atoms with E-state index in [1.54, 1.807) is 12.1 Å². The maximum Gasteiger partial charge on any atom is 0.416 e. The van der Waals surface area contributed by atoms with E-state index in [0.717, 1.165) is 12.1 Å². The van der Waals surface area contributed by atoms with Crippen molar-refractivity contribution >= 4 is 40.0 Å². The fourth-order valence-electron chi connectivity index (χ4n) is 1.66. The van der Waals surface area contributed by atoms with E-state index in [1.165, 1.54) is 18.3 Å². The Hall–Kier alpha value is -2.32. The molecule has 0 radical (unpaired) electrons. The molecular weight excluding hydrogens is 380 g/mol. The molecule has 1 amide bonds. The number of nitrogens with one attached hydrogen (secondary N) is 2. The lowest BCUT2D eigenvalue weighted by Gasteiger charge is -2.07. The van der Waals surface area contributed by atoms with E-state index in [9.17, 15) is 18.0 Å². The van der Waals surface area contributed by atoms with Gasteiger partial charge >= 0.3 is 6.18 Å². The third kappa shape index (κ3) is 5.91. The molecule has 2 N–H and O–H groups in total.